The Morgan fingerprint density at radius 1 is 1.48 bits per heavy atom. The Morgan fingerprint density at radius 2 is 2.24 bits per heavy atom. The van der Waals surface area contributed by atoms with E-state index in [0.29, 0.717) is 25.8 Å². The van der Waals surface area contributed by atoms with Crippen LogP contribution in [0.25, 0.3) is 10.9 Å². The summed E-state index contributed by atoms with van der Waals surface area (Å²) in [6.45, 7) is 2.51. The molecule has 1 fully saturated rings. The van der Waals surface area contributed by atoms with Crippen LogP contribution in [0.15, 0.2) is 18.2 Å². The molecule has 1 aliphatic rings. The summed E-state index contributed by atoms with van der Waals surface area (Å²) in [5, 5.41) is 13.1. The number of hydrogen-bond acceptors (Lipinski definition) is 2. The minimum Gasteiger partial charge on any atom is -0.393 e. The predicted octanol–water partition coefficient (Wildman–Crippen LogP) is 2.05. The van der Waals surface area contributed by atoms with E-state index in [1.807, 2.05) is 6.92 Å². The fourth-order valence-electron chi connectivity index (χ4n) is 2.94. The topological polar surface area (TPSA) is 65.1 Å². The van der Waals surface area contributed by atoms with Gasteiger partial charge in [0.1, 0.15) is 5.82 Å². The molecule has 3 N–H and O–H groups in total. The molecule has 1 aliphatic carbocycles. The third-order valence-corrected chi connectivity index (χ3v) is 4.24. The molecular formula is C16H19FN2O2. The van der Waals surface area contributed by atoms with E-state index in [9.17, 15) is 14.3 Å². The molecule has 1 saturated carbocycles. The van der Waals surface area contributed by atoms with E-state index < -0.39 is 0 Å². The molecule has 3 rings (SSSR count). The quantitative estimate of drug-likeness (QED) is 0.807. The fourth-order valence-corrected chi connectivity index (χ4v) is 2.94. The molecule has 5 heteroatoms. The van der Waals surface area contributed by atoms with Crippen molar-refractivity contribution in [1.29, 1.82) is 0 Å². The Bertz CT molecular complexity index is 674. The molecule has 112 valence electrons. The molecule has 4 nitrogen and oxygen atoms in total. The smallest absolute Gasteiger partial charge is 0.223 e. The summed E-state index contributed by atoms with van der Waals surface area (Å²) in [6.07, 6.45) is 1.53. The van der Waals surface area contributed by atoms with Crippen LogP contribution in [0.4, 0.5) is 4.39 Å². The van der Waals surface area contributed by atoms with Crippen molar-refractivity contribution in [3.8, 4) is 0 Å². The van der Waals surface area contributed by atoms with E-state index in [2.05, 4.69) is 10.3 Å². The number of amides is 1. The lowest BCUT2D eigenvalue weighted by atomic mass is 9.82. The number of aryl methyl sites for hydroxylation is 1. The van der Waals surface area contributed by atoms with Crippen molar-refractivity contribution in [1.82, 2.24) is 10.3 Å². The number of aromatic nitrogens is 1. The van der Waals surface area contributed by atoms with Gasteiger partial charge < -0.3 is 15.4 Å². The van der Waals surface area contributed by atoms with Crippen molar-refractivity contribution < 1.29 is 14.3 Å². The van der Waals surface area contributed by atoms with Crippen molar-refractivity contribution in [3.05, 3.63) is 35.3 Å². The standard InChI is InChI=1S/C16H19FN2O2/c1-9-13(14-3-2-11(17)8-15(14)19-9)4-5-18-16(21)10-6-12(20)7-10/h2-3,8,10,12,19-20H,4-7H2,1H3,(H,18,21). The summed E-state index contributed by atoms with van der Waals surface area (Å²) in [7, 11) is 0. The number of H-pyrrole nitrogens is 1. The lowest BCUT2D eigenvalue weighted by Crippen LogP contribution is -2.41. The van der Waals surface area contributed by atoms with Gasteiger partial charge in [0.2, 0.25) is 5.91 Å². The first kappa shape index (κ1) is 14.1. The summed E-state index contributed by atoms with van der Waals surface area (Å²) in [5.41, 5.74) is 2.90. The van der Waals surface area contributed by atoms with Crippen molar-refractivity contribution in [2.45, 2.75) is 32.3 Å². The largest absolute Gasteiger partial charge is 0.393 e. The monoisotopic (exact) mass is 290 g/mol. The van der Waals surface area contributed by atoms with Gasteiger partial charge in [-0.05, 0) is 49.9 Å². The van der Waals surface area contributed by atoms with E-state index >= 15 is 0 Å². The SMILES string of the molecule is Cc1[nH]c2cc(F)ccc2c1CCNC(=O)C1CC(O)C1. The maximum Gasteiger partial charge on any atom is 0.223 e. The summed E-state index contributed by atoms with van der Waals surface area (Å²) >= 11 is 0. The zero-order chi connectivity index (χ0) is 15.0. The van der Waals surface area contributed by atoms with Gasteiger partial charge in [0, 0.05) is 29.1 Å². The van der Waals surface area contributed by atoms with Crippen molar-refractivity contribution in [2.24, 2.45) is 5.92 Å². The van der Waals surface area contributed by atoms with Crippen LogP contribution in [0.3, 0.4) is 0 Å². The Balaban J connectivity index is 1.63. The molecule has 2 aromatic rings. The van der Waals surface area contributed by atoms with Gasteiger partial charge in [-0.2, -0.15) is 0 Å². The molecule has 0 bridgehead atoms. The predicted molar refractivity (Wildman–Crippen MR) is 78.4 cm³/mol. The minimum absolute atomic E-state index is 0.0174. The Morgan fingerprint density at radius 3 is 2.95 bits per heavy atom. The second-order valence-corrected chi connectivity index (χ2v) is 5.78. The Hall–Kier alpha value is -1.88. The second-order valence-electron chi connectivity index (χ2n) is 5.78. The van der Waals surface area contributed by atoms with Gasteiger partial charge in [0.25, 0.3) is 0 Å². The molecule has 0 atom stereocenters. The van der Waals surface area contributed by atoms with Gasteiger partial charge in [-0.25, -0.2) is 4.39 Å². The average Bonchev–Trinajstić information content (AvgIpc) is 2.70. The highest BCUT2D eigenvalue weighted by molar-refractivity contribution is 5.85. The van der Waals surface area contributed by atoms with Gasteiger partial charge in [0.15, 0.2) is 0 Å². The third-order valence-electron chi connectivity index (χ3n) is 4.24. The number of hydrogen-bond donors (Lipinski definition) is 3. The van der Waals surface area contributed by atoms with Gasteiger partial charge in [0.05, 0.1) is 6.10 Å². The van der Waals surface area contributed by atoms with Crippen LogP contribution < -0.4 is 5.32 Å². The first-order valence-corrected chi connectivity index (χ1v) is 7.27. The van der Waals surface area contributed by atoms with Crippen LogP contribution in [0.1, 0.15) is 24.1 Å². The molecule has 0 radical (unpaired) electrons. The van der Waals surface area contributed by atoms with Crippen LogP contribution in [0.5, 0.6) is 0 Å². The third kappa shape index (κ3) is 2.78. The number of benzene rings is 1. The fraction of sp³-hybridized carbons (Fsp3) is 0.438. The molecule has 0 unspecified atom stereocenters. The number of aliphatic hydroxyl groups is 1. The van der Waals surface area contributed by atoms with E-state index in [-0.39, 0.29) is 23.7 Å². The maximum atomic E-state index is 13.2. The van der Waals surface area contributed by atoms with E-state index in [1.54, 1.807) is 6.07 Å². The summed E-state index contributed by atoms with van der Waals surface area (Å²) in [5.74, 6) is -0.283. The van der Waals surface area contributed by atoms with Gasteiger partial charge in [-0.15, -0.1) is 0 Å². The highest BCUT2D eigenvalue weighted by Gasteiger charge is 2.32. The van der Waals surface area contributed by atoms with Crippen molar-refractivity contribution >= 4 is 16.8 Å². The first-order chi connectivity index (χ1) is 10.0. The maximum absolute atomic E-state index is 13.2. The molecule has 1 aromatic heterocycles. The van der Waals surface area contributed by atoms with E-state index in [4.69, 9.17) is 0 Å². The van der Waals surface area contributed by atoms with Crippen molar-refractivity contribution in [3.63, 3.8) is 0 Å². The Kier molecular flexibility index (Phi) is 3.68. The number of carbonyl (C=O) groups excluding carboxylic acids is 1. The molecule has 1 heterocycles. The van der Waals surface area contributed by atoms with Crippen LogP contribution in [-0.4, -0.2) is 28.6 Å². The number of aromatic amines is 1. The zero-order valence-electron chi connectivity index (χ0n) is 11.9. The van der Waals surface area contributed by atoms with E-state index in [1.165, 1.54) is 12.1 Å². The number of nitrogens with one attached hydrogen (secondary N) is 2. The van der Waals surface area contributed by atoms with Gasteiger partial charge in [-0.3, -0.25) is 4.79 Å². The Labute approximate surface area is 122 Å². The molecule has 1 amide bonds. The molecule has 0 spiro atoms. The second kappa shape index (κ2) is 5.48. The van der Waals surface area contributed by atoms with Crippen molar-refractivity contribution in [2.75, 3.05) is 6.54 Å². The lowest BCUT2D eigenvalue weighted by molar-refractivity contribution is -0.131. The summed E-state index contributed by atoms with van der Waals surface area (Å²) in [6, 6.07) is 4.71. The molecule has 0 aliphatic heterocycles. The number of aliphatic hydroxyl groups excluding tert-OH is 1. The van der Waals surface area contributed by atoms with Crippen LogP contribution in [-0.2, 0) is 11.2 Å². The number of rotatable bonds is 4. The van der Waals surface area contributed by atoms with Crippen LogP contribution in [0.2, 0.25) is 0 Å². The van der Waals surface area contributed by atoms with Gasteiger partial charge in [-0.1, -0.05) is 0 Å². The summed E-state index contributed by atoms with van der Waals surface area (Å²) < 4.78 is 13.2. The summed E-state index contributed by atoms with van der Waals surface area (Å²) in [4.78, 5) is 15.0. The van der Waals surface area contributed by atoms with Crippen LogP contribution in [0, 0.1) is 18.7 Å². The molecular weight excluding hydrogens is 271 g/mol. The number of carbonyl (C=O) groups is 1. The number of fused-ring (bicyclic) bond motifs is 1. The average molecular weight is 290 g/mol. The number of halogens is 1. The first-order valence-electron chi connectivity index (χ1n) is 7.27. The van der Waals surface area contributed by atoms with Crippen LogP contribution >= 0.6 is 0 Å². The highest BCUT2D eigenvalue weighted by atomic mass is 19.1. The molecule has 21 heavy (non-hydrogen) atoms. The van der Waals surface area contributed by atoms with E-state index in [0.717, 1.165) is 22.2 Å². The zero-order valence-corrected chi connectivity index (χ0v) is 11.9. The highest BCUT2D eigenvalue weighted by Crippen LogP contribution is 2.27. The lowest BCUT2D eigenvalue weighted by Gasteiger charge is -2.29. The van der Waals surface area contributed by atoms with Gasteiger partial charge >= 0.3 is 0 Å². The molecule has 0 saturated heterocycles. The minimum atomic E-state index is -0.313. The normalized spacial score (nSPS) is 21.3. The molecule has 1 aromatic carbocycles.